The zero-order valence-electron chi connectivity index (χ0n) is 14.5. The molecule has 0 unspecified atom stereocenters. The highest BCUT2D eigenvalue weighted by Gasteiger charge is 2.20. The number of nitrogens with zero attached hydrogens (tertiary/aromatic N) is 2. The Morgan fingerprint density at radius 1 is 0.963 bits per heavy atom. The van der Waals surface area contributed by atoms with E-state index in [1.54, 1.807) is 24.3 Å². The molecule has 2 aromatic carbocycles. The van der Waals surface area contributed by atoms with Gasteiger partial charge in [-0.15, -0.1) is 0 Å². The average Bonchev–Trinajstić information content (AvgIpc) is 2.62. The van der Waals surface area contributed by atoms with Crippen molar-refractivity contribution in [3.63, 3.8) is 0 Å². The second kappa shape index (κ2) is 9.22. The minimum Gasteiger partial charge on any atom is -0.322 e. The maximum absolute atomic E-state index is 13.1. The number of hydrogen-bond donors (Lipinski definition) is 1. The van der Waals surface area contributed by atoms with Gasteiger partial charge in [-0.05, 0) is 29.8 Å². The standard InChI is InChI=1S/C19H19Cl3FN3O/c20-15-2-1-3-16(21)19(15)24-18(27)12-26-8-6-25(7-9-26)11-13-4-5-14(23)10-17(13)22/h1-5,10H,6-9,11-12H2,(H,24,27). The Labute approximate surface area is 172 Å². The third-order valence-electron chi connectivity index (χ3n) is 4.47. The molecule has 4 nitrogen and oxygen atoms in total. The molecule has 0 aromatic heterocycles. The number of benzene rings is 2. The number of carbonyl (C=O) groups excluding carboxylic acids is 1. The van der Waals surface area contributed by atoms with E-state index < -0.39 is 0 Å². The summed E-state index contributed by atoms with van der Waals surface area (Å²) in [5.41, 5.74) is 1.34. The van der Waals surface area contributed by atoms with Crippen LogP contribution in [0.5, 0.6) is 0 Å². The molecule has 3 rings (SSSR count). The van der Waals surface area contributed by atoms with Gasteiger partial charge in [0.05, 0.1) is 22.3 Å². The lowest BCUT2D eigenvalue weighted by Gasteiger charge is -2.34. The molecule has 0 bridgehead atoms. The highest BCUT2D eigenvalue weighted by Crippen LogP contribution is 2.29. The zero-order valence-corrected chi connectivity index (χ0v) is 16.8. The van der Waals surface area contributed by atoms with E-state index in [0.29, 0.717) is 27.3 Å². The van der Waals surface area contributed by atoms with Crippen LogP contribution in [0.15, 0.2) is 36.4 Å². The van der Waals surface area contributed by atoms with E-state index in [1.807, 2.05) is 0 Å². The second-order valence-corrected chi connectivity index (χ2v) is 7.65. The van der Waals surface area contributed by atoms with Gasteiger partial charge in [-0.1, -0.05) is 46.9 Å². The molecule has 1 aliphatic heterocycles. The Balaban J connectivity index is 1.48. The van der Waals surface area contributed by atoms with E-state index in [2.05, 4.69) is 15.1 Å². The summed E-state index contributed by atoms with van der Waals surface area (Å²) in [6.07, 6.45) is 0. The van der Waals surface area contributed by atoms with Gasteiger partial charge in [-0.3, -0.25) is 14.6 Å². The first-order valence-electron chi connectivity index (χ1n) is 8.55. The smallest absolute Gasteiger partial charge is 0.238 e. The van der Waals surface area contributed by atoms with Gasteiger partial charge in [0.25, 0.3) is 0 Å². The van der Waals surface area contributed by atoms with Gasteiger partial charge in [0.2, 0.25) is 5.91 Å². The third kappa shape index (κ3) is 5.56. The molecule has 0 radical (unpaired) electrons. The van der Waals surface area contributed by atoms with Gasteiger partial charge in [0, 0.05) is 37.7 Å². The van der Waals surface area contributed by atoms with E-state index in [-0.39, 0.29) is 18.3 Å². The lowest BCUT2D eigenvalue weighted by atomic mass is 10.2. The van der Waals surface area contributed by atoms with E-state index in [0.717, 1.165) is 31.7 Å². The molecule has 144 valence electrons. The van der Waals surface area contributed by atoms with Crippen molar-refractivity contribution in [2.24, 2.45) is 0 Å². The van der Waals surface area contributed by atoms with Crippen LogP contribution in [0.2, 0.25) is 15.1 Å². The lowest BCUT2D eigenvalue weighted by Crippen LogP contribution is -2.48. The fraction of sp³-hybridized carbons (Fsp3) is 0.316. The van der Waals surface area contributed by atoms with Gasteiger partial charge < -0.3 is 5.32 Å². The van der Waals surface area contributed by atoms with Crippen molar-refractivity contribution in [3.8, 4) is 0 Å². The highest BCUT2D eigenvalue weighted by molar-refractivity contribution is 6.39. The number of hydrogen-bond acceptors (Lipinski definition) is 3. The predicted molar refractivity (Wildman–Crippen MR) is 108 cm³/mol. The number of anilines is 1. The van der Waals surface area contributed by atoms with Gasteiger partial charge in [0.15, 0.2) is 0 Å². The second-order valence-electron chi connectivity index (χ2n) is 6.43. The molecule has 1 fully saturated rings. The summed E-state index contributed by atoms with van der Waals surface area (Å²) in [5.74, 6) is -0.488. The molecule has 1 amide bonds. The number of piperazine rings is 1. The minimum atomic E-state index is -0.335. The van der Waals surface area contributed by atoms with Gasteiger partial charge in [0.1, 0.15) is 5.82 Å². The van der Waals surface area contributed by atoms with Gasteiger partial charge >= 0.3 is 0 Å². The molecule has 1 N–H and O–H groups in total. The Hall–Kier alpha value is -1.37. The fourth-order valence-electron chi connectivity index (χ4n) is 3.00. The van der Waals surface area contributed by atoms with Crippen molar-refractivity contribution in [2.75, 3.05) is 38.0 Å². The van der Waals surface area contributed by atoms with Crippen molar-refractivity contribution in [1.29, 1.82) is 0 Å². The summed E-state index contributed by atoms with van der Waals surface area (Å²) in [5, 5.41) is 4.04. The largest absolute Gasteiger partial charge is 0.322 e. The maximum atomic E-state index is 13.1. The SMILES string of the molecule is O=C(CN1CCN(Cc2ccc(F)cc2Cl)CC1)Nc1c(Cl)cccc1Cl. The normalized spacial score (nSPS) is 15.7. The Morgan fingerprint density at radius 3 is 2.22 bits per heavy atom. The number of para-hydroxylation sites is 1. The van der Waals surface area contributed by atoms with Crippen LogP contribution >= 0.6 is 34.8 Å². The molecule has 0 atom stereocenters. The zero-order chi connectivity index (χ0) is 19.4. The van der Waals surface area contributed by atoms with Crippen molar-refractivity contribution in [3.05, 3.63) is 62.8 Å². The van der Waals surface area contributed by atoms with E-state index >= 15 is 0 Å². The summed E-state index contributed by atoms with van der Waals surface area (Å²) in [7, 11) is 0. The van der Waals surface area contributed by atoms with Crippen LogP contribution in [0.4, 0.5) is 10.1 Å². The van der Waals surface area contributed by atoms with Crippen LogP contribution in [0.1, 0.15) is 5.56 Å². The Kier molecular flexibility index (Phi) is 6.95. The molecule has 1 heterocycles. The monoisotopic (exact) mass is 429 g/mol. The van der Waals surface area contributed by atoms with Crippen LogP contribution in [0, 0.1) is 5.82 Å². The third-order valence-corrected chi connectivity index (χ3v) is 5.45. The first-order chi connectivity index (χ1) is 12.9. The molecule has 1 aliphatic rings. The quantitative estimate of drug-likeness (QED) is 0.756. The number of carbonyl (C=O) groups is 1. The van der Waals surface area contributed by atoms with Crippen LogP contribution in [-0.2, 0) is 11.3 Å². The first kappa shape index (κ1) is 20.4. The average molecular weight is 431 g/mol. The van der Waals surface area contributed by atoms with Crippen molar-refractivity contribution in [2.45, 2.75) is 6.54 Å². The Bertz CT molecular complexity index is 806. The molecular formula is C19H19Cl3FN3O. The van der Waals surface area contributed by atoms with Gasteiger partial charge in [-0.2, -0.15) is 0 Å². The van der Waals surface area contributed by atoms with E-state index in [4.69, 9.17) is 34.8 Å². The number of amides is 1. The minimum absolute atomic E-state index is 0.153. The van der Waals surface area contributed by atoms with Gasteiger partial charge in [-0.25, -0.2) is 4.39 Å². The molecule has 0 spiro atoms. The van der Waals surface area contributed by atoms with Crippen molar-refractivity contribution < 1.29 is 9.18 Å². The topological polar surface area (TPSA) is 35.6 Å². The summed E-state index contributed by atoms with van der Waals surface area (Å²) < 4.78 is 13.1. The predicted octanol–water partition coefficient (Wildman–Crippen LogP) is 4.54. The highest BCUT2D eigenvalue weighted by atomic mass is 35.5. The van der Waals surface area contributed by atoms with Crippen LogP contribution in [0.25, 0.3) is 0 Å². The number of rotatable bonds is 5. The van der Waals surface area contributed by atoms with Crippen LogP contribution in [-0.4, -0.2) is 48.4 Å². The number of nitrogens with one attached hydrogen (secondary N) is 1. The molecule has 27 heavy (non-hydrogen) atoms. The lowest BCUT2D eigenvalue weighted by molar-refractivity contribution is -0.117. The Morgan fingerprint density at radius 2 is 1.59 bits per heavy atom. The first-order valence-corrected chi connectivity index (χ1v) is 9.68. The summed E-state index contributed by atoms with van der Waals surface area (Å²) in [6.45, 7) is 4.04. The van der Waals surface area contributed by atoms with Crippen molar-refractivity contribution >= 4 is 46.4 Å². The summed E-state index contributed by atoms with van der Waals surface area (Å²) in [4.78, 5) is 16.6. The van der Waals surface area contributed by atoms with Crippen LogP contribution < -0.4 is 5.32 Å². The summed E-state index contributed by atoms with van der Waals surface area (Å²) >= 11 is 18.3. The van der Waals surface area contributed by atoms with E-state index in [1.165, 1.54) is 12.1 Å². The van der Waals surface area contributed by atoms with Crippen LogP contribution in [0.3, 0.4) is 0 Å². The summed E-state index contributed by atoms with van der Waals surface area (Å²) in [6, 6.07) is 9.56. The maximum Gasteiger partial charge on any atom is 0.238 e. The van der Waals surface area contributed by atoms with E-state index in [9.17, 15) is 9.18 Å². The molecular weight excluding hydrogens is 412 g/mol. The fourth-order valence-corrected chi connectivity index (χ4v) is 3.71. The number of halogens is 4. The molecule has 8 heteroatoms. The van der Waals surface area contributed by atoms with Crippen molar-refractivity contribution in [1.82, 2.24) is 9.80 Å². The molecule has 0 saturated carbocycles. The molecule has 1 saturated heterocycles. The molecule has 0 aliphatic carbocycles. The molecule has 2 aromatic rings.